The van der Waals surface area contributed by atoms with Crippen molar-refractivity contribution in [3.05, 3.63) is 110 Å². The van der Waals surface area contributed by atoms with Crippen LogP contribution in [0.15, 0.2) is 84.9 Å². The van der Waals surface area contributed by atoms with Crippen LogP contribution in [0.4, 0.5) is 0 Å². The summed E-state index contributed by atoms with van der Waals surface area (Å²) in [5.74, 6) is 0.236. The summed E-state index contributed by atoms with van der Waals surface area (Å²) in [7, 11) is 0. The molecule has 4 nitrogen and oxygen atoms in total. The van der Waals surface area contributed by atoms with Crippen LogP contribution in [0.2, 0.25) is 0 Å². The average molecular weight is 611 g/mol. The smallest absolute Gasteiger partial charge is 0.344 e. The standard InChI is InChI=1S/C30H27IO4S/c1-19-18-26(13-14-28(19)35-21(3)30(32)33)34-17-16-27(23-9-11-25(31)12-10-23)22-5-7-24(8-6-22)29-15-4-20(2)36-29/h4-16,18,21H,17H2,1-3H3,(H,32,33)/b27-16+. The molecule has 0 bridgehead atoms. The van der Waals surface area contributed by atoms with Crippen molar-refractivity contribution in [2.75, 3.05) is 6.61 Å². The first-order valence-corrected chi connectivity index (χ1v) is 13.5. The molecule has 0 aliphatic rings. The van der Waals surface area contributed by atoms with E-state index in [2.05, 4.69) is 96.3 Å². The molecule has 0 spiro atoms. The molecule has 0 saturated carbocycles. The van der Waals surface area contributed by atoms with Crippen molar-refractivity contribution >= 4 is 45.5 Å². The normalized spacial score (nSPS) is 12.3. The molecule has 1 aromatic heterocycles. The minimum absolute atomic E-state index is 0.387. The van der Waals surface area contributed by atoms with Gasteiger partial charge in [0, 0.05) is 13.3 Å². The zero-order chi connectivity index (χ0) is 25.7. The molecule has 3 aromatic carbocycles. The Morgan fingerprint density at radius 1 is 0.972 bits per heavy atom. The Labute approximate surface area is 229 Å². The van der Waals surface area contributed by atoms with Gasteiger partial charge in [0.05, 0.1) is 0 Å². The molecule has 0 aliphatic heterocycles. The molecule has 0 saturated heterocycles. The fourth-order valence-corrected chi connectivity index (χ4v) is 4.97. The van der Waals surface area contributed by atoms with Crippen LogP contribution in [0.5, 0.6) is 11.5 Å². The van der Waals surface area contributed by atoms with Crippen LogP contribution in [0.3, 0.4) is 0 Å². The fourth-order valence-electron chi connectivity index (χ4n) is 3.74. The molecular weight excluding hydrogens is 583 g/mol. The molecule has 1 N–H and O–H groups in total. The van der Waals surface area contributed by atoms with Gasteiger partial charge < -0.3 is 14.6 Å². The lowest BCUT2D eigenvalue weighted by molar-refractivity contribution is -0.144. The summed E-state index contributed by atoms with van der Waals surface area (Å²) in [6.45, 7) is 5.90. The SMILES string of the molecule is Cc1ccc(-c2ccc(/C(=C\COc3ccc(OC(C)C(=O)O)c(C)c3)c3ccc(I)cc3)cc2)s1. The third-order valence-electron chi connectivity index (χ3n) is 5.71. The van der Waals surface area contributed by atoms with Crippen LogP contribution in [0, 0.1) is 17.4 Å². The van der Waals surface area contributed by atoms with Crippen molar-refractivity contribution in [3.8, 4) is 21.9 Å². The van der Waals surface area contributed by atoms with Gasteiger partial charge in [-0.2, -0.15) is 0 Å². The summed E-state index contributed by atoms with van der Waals surface area (Å²) in [5, 5.41) is 9.08. The number of carboxylic acids is 1. The van der Waals surface area contributed by atoms with Gasteiger partial charge in [-0.3, -0.25) is 0 Å². The van der Waals surface area contributed by atoms with Crippen molar-refractivity contribution in [1.82, 2.24) is 0 Å². The second kappa shape index (κ2) is 11.8. The Balaban J connectivity index is 1.54. The van der Waals surface area contributed by atoms with Crippen molar-refractivity contribution in [1.29, 1.82) is 0 Å². The third-order valence-corrected chi connectivity index (χ3v) is 7.48. The summed E-state index contributed by atoms with van der Waals surface area (Å²) >= 11 is 4.11. The van der Waals surface area contributed by atoms with Crippen molar-refractivity contribution in [2.24, 2.45) is 0 Å². The van der Waals surface area contributed by atoms with Gasteiger partial charge in [-0.1, -0.05) is 36.4 Å². The maximum Gasteiger partial charge on any atom is 0.344 e. The molecule has 1 heterocycles. The number of carbonyl (C=O) groups is 1. The second-order valence-corrected chi connectivity index (χ2v) is 11.0. The van der Waals surface area contributed by atoms with E-state index in [9.17, 15) is 4.79 Å². The highest BCUT2D eigenvalue weighted by molar-refractivity contribution is 14.1. The zero-order valence-electron chi connectivity index (χ0n) is 20.3. The summed E-state index contributed by atoms with van der Waals surface area (Å²) in [5.41, 5.74) is 5.39. The summed E-state index contributed by atoms with van der Waals surface area (Å²) in [4.78, 5) is 13.6. The molecular formula is C30H27IO4S. The van der Waals surface area contributed by atoms with Gasteiger partial charge in [-0.25, -0.2) is 4.79 Å². The Hall–Kier alpha value is -3.10. The predicted molar refractivity (Wildman–Crippen MR) is 155 cm³/mol. The number of aryl methyl sites for hydroxylation is 2. The van der Waals surface area contributed by atoms with Gasteiger partial charge >= 0.3 is 5.97 Å². The van der Waals surface area contributed by atoms with Crippen molar-refractivity contribution in [3.63, 3.8) is 0 Å². The first-order valence-electron chi connectivity index (χ1n) is 11.6. The molecule has 0 amide bonds. The summed E-state index contributed by atoms with van der Waals surface area (Å²) in [6, 6.07) is 26.8. The molecule has 4 aromatic rings. The lowest BCUT2D eigenvalue weighted by Crippen LogP contribution is -2.23. The van der Waals surface area contributed by atoms with Gasteiger partial charge in [-0.15, -0.1) is 11.3 Å². The fraction of sp³-hybridized carbons (Fsp3) is 0.167. The van der Waals surface area contributed by atoms with Crippen molar-refractivity contribution in [2.45, 2.75) is 26.9 Å². The van der Waals surface area contributed by atoms with Crippen LogP contribution in [0.1, 0.15) is 28.5 Å². The zero-order valence-corrected chi connectivity index (χ0v) is 23.3. The van der Waals surface area contributed by atoms with Crippen LogP contribution < -0.4 is 9.47 Å². The van der Waals surface area contributed by atoms with Crippen LogP contribution >= 0.6 is 33.9 Å². The van der Waals surface area contributed by atoms with E-state index in [1.807, 2.05) is 13.0 Å². The number of ether oxygens (including phenoxy) is 2. The van der Waals surface area contributed by atoms with Gasteiger partial charge in [0.15, 0.2) is 6.10 Å². The summed E-state index contributed by atoms with van der Waals surface area (Å²) < 4.78 is 12.7. The van der Waals surface area contributed by atoms with E-state index in [0.29, 0.717) is 18.1 Å². The number of hydrogen-bond acceptors (Lipinski definition) is 4. The largest absolute Gasteiger partial charge is 0.489 e. The van der Waals surface area contributed by atoms with E-state index in [4.69, 9.17) is 14.6 Å². The Kier molecular flexibility index (Phi) is 8.48. The first kappa shape index (κ1) is 26.0. The minimum atomic E-state index is -0.999. The van der Waals surface area contributed by atoms with Crippen LogP contribution in [-0.2, 0) is 4.79 Å². The molecule has 0 fully saturated rings. The van der Waals surface area contributed by atoms with E-state index in [1.165, 1.54) is 25.8 Å². The Bertz CT molecular complexity index is 1370. The number of thiophene rings is 1. The first-order chi connectivity index (χ1) is 17.3. The molecule has 4 rings (SSSR count). The van der Waals surface area contributed by atoms with E-state index < -0.39 is 12.1 Å². The van der Waals surface area contributed by atoms with Gasteiger partial charge in [0.25, 0.3) is 0 Å². The molecule has 0 radical (unpaired) electrons. The van der Waals surface area contributed by atoms with E-state index in [0.717, 1.165) is 22.3 Å². The van der Waals surface area contributed by atoms with Crippen LogP contribution in [0.25, 0.3) is 16.0 Å². The molecule has 1 atom stereocenters. The van der Waals surface area contributed by atoms with E-state index >= 15 is 0 Å². The average Bonchev–Trinajstić information content (AvgIpc) is 3.30. The number of hydrogen-bond donors (Lipinski definition) is 1. The number of rotatable bonds is 9. The lowest BCUT2D eigenvalue weighted by Gasteiger charge is -2.14. The maximum atomic E-state index is 11.1. The number of aliphatic carboxylic acids is 1. The molecule has 1 unspecified atom stereocenters. The summed E-state index contributed by atoms with van der Waals surface area (Å²) in [6.07, 6.45) is 1.18. The number of carboxylic acid groups (broad SMARTS) is 1. The molecule has 36 heavy (non-hydrogen) atoms. The topological polar surface area (TPSA) is 55.8 Å². The Morgan fingerprint density at radius 2 is 1.64 bits per heavy atom. The lowest BCUT2D eigenvalue weighted by atomic mass is 9.96. The van der Waals surface area contributed by atoms with E-state index in [1.54, 1.807) is 23.5 Å². The highest BCUT2D eigenvalue weighted by atomic mass is 127. The molecule has 6 heteroatoms. The van der Waals surface area contributed by atoms with Gasteiger partial charge in [0.2, 0.25) is 0 Å². The molecule has 184 valence electrons. The highest BCUT2D eigenvalue weighted by Gasteiger charge is 2.14. The Morgan fingerprint density at radius 3 is 2.22 bits per heavy atom. The second-order valence-electron chi connectivity index (χ2n) is 8.45. The quantitative estimate of drug-likeness (QED) is 0.195. The van der Waals surface area contributed by atoms with E-state index in [-0.39, 0.29) is 0 Å². The molecule has 0 aliphatic carbocycles. The highest BCUT2D eigenvalue weighted by Crippen LogP contribution is 2.31. The van der Waals surface area contributed by atoms with Gasteiger partial charge in [-0.05, 0) is 120 Å². The number of halogens is 1. The minimum Gasteiger partial charge on any atom is -0.489 e. The predicted octanol–water partition coefficient (Wildman–Crippen LogP) is 8.00. The van der Waals surface area contributed by atoms with Crippen LogP contribution in [-0.4, -0.2) is 23.8 Å². The third kappa shape index (κ3) is 6.56. The van der Waals surface area contributed by atoms with Gasteiger partial charge in [0.1, 0.15) is 18.1 Å². The number of benzene rings is 3. The van der Waals surface area contributed by atoms with Crippen molar-refractivity contribution < 1.29 is 19.4 Å². The maximum absolute atomic E-state index is 11.1. The monoisotopic (exact) mass is 610 g/mol.